The lowest BCUT2D eigenvalue weighted by Gasteiger charge is -2.33. The van der Waals surface area contributed by atoms with Crippen LogP contribution in [0.2, 0.25) is 0 Å². The first-order valence-electron chi connectivity index (χ1n) is 22.7. The highest BCUT2D eigenvalue weighted by atomic mass is 19.4. The fraction of sp³-hybridized carbons (Fsp3) is 0.123. The second kappa shape index (κ2) is 18.5. The first kappa shape index (κ1) is 51.1. The number of hydrogen-bond acceptors (Lipinski definition) is 3. The van der Waals surface area contributed by atoms with E-state index in [9.17, 15) is 65.9 Å². The minimum atomic E-state index is -5.34. The monoisotopic (exact) mass is 1060 g/mol. The Kier molecular flexibility index (Phi) is 12.4. The molecule has 1 aliphatic rings. The highest BCUT2D eigenvalue weighted by molar-refractivity contribution is 6.16. The summed E-state index contributed by atoms with van der Waals surface area (Å²) in [5.41, 5.74) is -7.93. The number of hydrogen-bond donors (Lipinski definition) is 0. The molecule has 19 heteroatoms. The third-order valence-corrected chi connectivity index (χ3v) is 13.0. The maximum absolute atomic E-state index is 14.8. The summed E-state index contributed by atoms with van der Waals surface area (Å²) in [4.78, 5) is 11.9. The molecule has 1 atom stereocenters. The molecule has 1 aromatic heterocycles. The first-order valence-corrected chi connectivity index (χ1v) is 22.7. The van der Waals surface area contributed by atoms with Crippen LogP contribution in [0.15, 0.2) is 186 Å². The quantitative estimate of drug-likeness (QED) is 0.146. The van der Waals surface area contributed by atoms with E-state index in [1.165, 1.54) is 65.2 Å². The zero-order chi connectivity index (χ0) is 54.3. The van der Waals surface area contributed by atoms with E-state index < -0.39 is 76.0 Å². The van der Waals surface area contributed by atoms with Crippen LogP contribution in [0.3, 0.4) is 0 Å². The molecule has 76 heavy (non-hydrogen) atoms. The molecule has 0 saturated carbocycles. The molecule has 0 amide bonds. The highest BCUT2D eigenvalue weighted by Crippen LogP contribution is 2.47. The summed E-state index contributed by atoms with van der Waals surface area (Å²) in [5.74, 6) is 0.381. The van der Waals surface area contributed by atoms with Crippen molar-refractivity contribution < 1.29 is 65.9 Å². The average molecular weight is 1060 g/mol. The van der Waals surface area contributed by atoms with Crippen molar-refractivity contribution in [3.63, 3.8) is 0 Å². The molecular weight excluding hydrogens is 1030 g/mol. The summed E-state index contributed by atoms with van der Waals surface area (Å²) in [6.07, 6.45) is -26.6. The van der Waals surface area contributed by atoms with Crippen LogP contribution >= 0.6 is 0 Å². The molecule has 0 bridgehead atoms. The first-order chi connectivity index (χ1) is 35.8. The molecule has 1 aliphatic heterocycles. The van der Waals surface area contributed by atoms with E-state index in [4.69, 9.17) is 9.98 Å². The van der Waals surface area contributed by atoms with Gasteiger partial charge < -0.3 is 9.47 Å². The van der Waals surface area contributed by atoms with Gasteiger partial charge in [-0.3, -0.25) is 0 Å². The Balaban J connectivity index is 1.33. The van der Waals surface area contributed by atoms with Crippen molar-refractivity contribution in [1.82, 2.24) is 9.47 Å². The molecule has 0 saturated heterocycles. The van der Waals surface area contributed by atoms with Crippen molar-refractivity contribution in [2.24, 2.45) is 9.98 Å². The Morgan fingerprint density at radius 2 is 0.829 bits per heavy atom. The van der Waals surface area contributed by atoms with Gasteiger partial charge in [0.05, 0.1) is 44.5 Å². The summed E-state index contributed by atoms with van der Waals surface area (Å²) < 4.78 is 217. The van der Waals surface area contributed by atoms with Gasteiger partial charge >= 0.3 is 30.9 Å². The van der Waals surface area contributed by atoms with E-state index in [1.807, 2.05) is 0 Å². The van der Waals surface area contributed by atoms with Crippen LogP contribution in [0.4, 0.5) is 65.9 Å². The molecule has 0 N–H and O–H groups in total. The summed E-state index contributed by atoms with van der Waals surface area (Å²) in [5, 5.41) is 0.427. The van der Waals surface area contributed by atoms with Crippen LogP contribution in [-0.4, -0.2) is 28.2 Å². The lowest BCUT2D eigenvalue weighted by Crippen LogP contribution is -2.35. The number of halogens is 15. The lowest BCUT2D eigenvalue weighted by atomic mass is 9.95. The number of aliphatic imine (C=N–C) groups is 2. The number of fused-ring (bicyclic) bond motifs is 3. The van der Waals surface area contributed by atoms with Crippen molar-refractivity contribution in [3.05, 3.63) is 220 Å². The fourth-order valence-electron chi connectivity index (χ4n) is 9.42. The Hall–Kier alpha value is -8.35. The van der Waals surface area contributed by atoms with E-state index in [2.05, 4.69) is 0 Å². The highest BCUT2D eigenvalue weighted by Gasteiger charge is 2.41. The molecule has 0 aliphatic carbocycles. The Morgan fingerprint density at radius 1 is 0.382 bits per heavy atom. The summed E-state index contributed by atoms with van der Waals surface area (Å²) in [6.45, 7) is 0. The van der Waals surface area contributed by atoms with Crippen LogP contribution in [-0.2, 0) is 30.9 Å². The number of benzene rings is 8. The smallest absolute Gasteiger partial charge is 0.333 e. The lowest BCUT2D eigenvalue weighted by molar-refractivity contribution is -0.144. The fourth-order valence-corrected chi connectivity index (χ4v) is 9.42. The van der Waals surface area contributed by atoms with Gasteiger partial charge in [-0.15, -0.1) is 0 Å². The normalized spacial score (nSPS) is 14.8. The van der Waals surface area contributed by atoms with Crippen LogP contribution < -0.4 is 0 Å². The molecule has 4 nitrogen and oxygen atoms in total. The van der Waals surface area contributed by atoms with Gasteiger partial charge in [-0.05, 0) is 99.6 Å². The third-order valence-electron chi connectivity index (χ3n) is 13.0. The number of alkyl halides is 15. The topological polar surface area (TPSA) is 32.9 Å². The second-order valence-electron chi connectivity index (χ2n) is 17.8. The van der Waals surface area contributed by atoms with Crippen LogP contribution in [0.1, 0.15) is 50.7 Å². The SMILES string of the molecule is CN1C(c2ccccc2)=NC(c2ccc(-c3cccc(C(F)(F)F)c3)cc2-n2c3cc(-c4ccc(C(F)(F)F)cc4C(F)(F)F)ccc3c3ccc(-c4ccc(C(F)(F)F)cc4C(F)(F)F)cc32)=NC1c1ccccc1. The summed E-state index contributed by atoms with van der Waals surface area (Å²) in [6, 6.07) is 36.2. The Labute approximate surface area is 421 Å². The number of rotatable bonds is 7. The Morgan fingerprint density at radius 3 is 1.33 bits per heavy atom. The maximum Gasteiger partial charge on any atom is 0.417 e. The number of aromatic nitrogens is 1. The Bertz CT molecular complexity index is 3640. The maximum atomic E-state index is 14.8. The third kappa shape index (κ3) is 9.65. The van der Waals surface area contributed by atoms with Gasteiger partial charge in [0.1, 0.15) is 12.0 Å². The summed E-state index contributed by atoms with van der Waals surface area (Å²) in [7, 11) is 1.74. The van der Waals surface area contributed by atoms with Crippen molar-refractivity contribution in [2.45, 2.75) is 37.0 Å². The molecule has 10 rings (SSSR count). The number of amidine groups is 2. The van der Waals surface area contributed by atoms with Crippen molar-refractivity contribution in [1.29, 1.82) is 0 Å². The van der Waals surface area contributed by atoms with Crippen molar-refractivity contribution in [2.75, 3.05) is 7.05 Å². The predicted molar refractivity (Wildman–Crippen MR) is 259 cm³/mol. The van der Waals surface area contributed by atoms with E-state index >= 15 is 0 Å². The van der Waals surface area contributed by atoms with Crippen LogP contribution in [0.25, 0.3) is 60.9 Å². The predicted octanol–water partition coefficient (Wildman–Crippen LogP) is 17.7. The molecule has 1 unspecified atom stereocenters. The van der Waals surface area contributed by atoms with Crippen molar-refractivity contribution >= 4 is 33.5 Å². The molecule has 386 valence electrons. The average Bonchev–Trinajstić information content (AvgIpc) is 3.70. The van der Waals surface area contributed by atoms with Gasteiger partial charge in [-0.25, -0.2) is 9.98 Å². The minimum Gasteiger partial charge on any atom is -0.333 e. The van der Waals surface area contributed by atoms with E-state index in [0.717, 1.165) is 18.2 Å². The molecule has 0 radical (unpaired) electrons. The van der Waals surface area contributed by atoms with Gasteiger partial charge in [0.15, 0.2) is 5.84 Å². The van der Waals surface area contributed by atoms with Crippen LogP contribution in [0.5, 0.6) is 0 Å². The second-order valence-corrected chi connectivity index (χ2v) is 17.8. The van der Waals surface area contributed by atoms with Gasteiger partial charge in [-0.2, -0.15) is 65.9 Å². The van der Waals surface area contributed by atoms with Crippen LogP contribution in [0, 0.1) is 0 Å². The van der Waals surface area contributed by atoms with E-state index in [-0.39, 0.29) is 73.3 Å². The zero-order valence-corrected chi connectivity index (χ0v) is 38.8. The van der Waals surface area contributed by atoms with E-state index in [0.29, 0.717) is 41.2 Å². The molecule has 8 aromatic carbocycles. The summed E-state index contributed by atoms with van der Waals surface area (Å²) >= 11 is 0. The molecule has 2 heterocycles. The van der Waals surface area contributed by atoms with Gasteiger partial charge in [0.2, 0.25) is 0 Å². The van der Waals surface area contributed by atoms with Crippen molar-refractivity contribution in [3.8, 4) is 39.1 Å². The minimum absolute atomic E-state index is 0.00224. The molecular formula is C57H33F15N4. The van der Waals surface area contributed by atoms with Gasteiger partial charge in [0, 0.05) is 28.9 Å². The standard InChI is InChI=1S/C57H33F15N4/c1-75-51(31-9-4-2-5-10-31)73-50(74-52(75)32-11-6-3-7-12-32)44-22-15-34(33-13-8-14-37(25-33)53(58,59)60)26-49(44)76-47-27-35(40-23-18-38(54(61,62)63)29-45(40)56(67,68)69)16-20-42(47)43-21-17-36(28-48(43)76)41-24-19-39(55(64,65)66)30-46(41)57(70,71)72/h2-30,51H,1H3. The van der Waals surface area contributed by atoms with Gasteiger partial charge in [0.25, 0.3) is 0 Å². The van der Waals surface area contributed by atoms with E-state index in [1.54, 1.807) is 72.6 Å². The molecule has 0 spiro atoms. The molecule has 0 fully saturated rings. The zero-order valence-electron chi connectivity index (χ0n) is 38.8. The largest absolute Gasteiger partial charge is 0.417 e. The molecule has 9 aromatic rings. The van der Waals surface area contributed by atoms with Gasteiger partial charge in [-0.1, -0.05) is 115 Å². The number of nitrogens with zero attached hydrogens (tertiary/aromatic N) is 4.